The Morgan fingerprint density at radius 3 is 2.59 bits per heavy atom. The van der Waals surface area contributed by atoms with Gasteiger partial charge >= 0.3 is 6.18 Å². The van der Waals surface area contributed by atoms with Crippen LogP contribution in [-0.4, -0.2) is 26.4 Å². The SMILES string of the molecule is C=C(c1cnc(C(F)(F)F)nc1)N1CCc2nc(COc3ccccc3)oc2C1. The summed E-state index contributed by atoms with van der Waals surface area (Å²) >= 11 is 0. The largest absolute Gasteiger partial charge is 0.484 e. The van der Waals surface area contributed by atoms with Crippen LogP contribution in [0.5, 0.6) is 5.75 Å². The Kier molecular flexibility index (Phi) is 4.96. The van der Waals surface area contributed by atoms with E-state index in [9.17, 15) is 13.2 Å². The van der Waals surface area contributed by atoms with Gasteiger partial charge in [0.1, 0.15) is 11.5 Å². The van der Waals surface area contributed by atoms with Crippen LogP contribution in [0.4, 0.5) is 13.2 Å². The summed E-state index contributed by atoms with van der Waals surface area (Å²) in [6.45, 7) is 5.21. The van der Waals surface area contributed by atoms with E-state index in [1.54, 1.807) is 0 Å². The molecule has 0 fully saturated rings. The lowest BCUT2D eigenvalue weighted by molar-refractivity contribution is -0.145. The van der Waals surface area contributed by atoms with Crippen LogP contribution in [0.25, 0.3) is 5.70 Å². The van der Waals surface area contributed by atoms with Gasteiger partial charge in [-0.15, -0.1) is 0 Å². The lowest BCUT2D eigenvalue weighted by Gasteiger charge is -2.28. The normalized spacial score (nSPS) is 13.8. The fourth-order valence-corrected chi connectivity index (χ4v) is 3.01. The molecular weight excluding hydrogens is 385 g/mol. The smallest absolute Gasteiger partial charge is 0.451 e. The maximum Gasteiger partial charge on any atom is 0.451 e. The van der Waals surface area contributed by atoms with Gasteiger partial charge in [-0.3, -0.25) is 0 Å². The molecule has 0 bridgehead atoms. The molecule has 0 saturated heterocycles. The van der Waals surface area contributed by atoms with E-state index in [0.717, 1.165) is 23.8 Å². The fourth-order valence-electron chi connectivity index (χ4n) is 3.01. The molecule has 0 amide bonds. The van der Waals surface area contributed by atoms with E-state index in [1.165, 1.54) is 0 Å². The van der Waals surface area contributed by atoms with Crippen molar-refractivity contribution < 1.29 is 22.3 Å². The lowest BCUT2D eigenvalue weighted by atomic mass is 10.1. The van der Waals surface area contributed by atoms with Crippen molar-refractivity contribution in [3.8, 4) is 5.75 Å². The molecule has 0 spiro atoms. The summed E-state index contributed by atoms with van der Waals surface area (Å²) in [7, 11) is 0. The van der Waals surface area contributed by atoms with Gasteiger partial charge in [-0.05, 0) is 12.1 Å². The fraction of sp³-hybridized carbons (Fsp3) is 0.250. The number of alkyl halides is 3. The molecule has 0 N–H and O–H groups in total. The van der Waals surface area contributed by atoms with Crippen molar-refractivity contribution in [1.29, 1.82) is 0 Å². The van der Waals surface area contributed by atoms with E-state index in [2.05, 4.69) is 21.5 Å². The van der Waals surface area contributed by atoms with Gasteiger partial charge in [-0.2, -0.15) is 13.2 Å². The molecule has 9 heteroatoms. The highest BCUT2D eigenvalue weighted by Gasteiger charge is 2.34. The topological polar surface area (TPSA) is 64.3 Å². The molecule has 29 heavy (non-hydrogen) atoms. The predicted octanol–water partition coefficient (Wildman–Crippen LogP) is 4.09. The van der Waals surface area contributed by atoms with E-state index >= 15 is 0 Å². The van der Waals surface area contributed by atoms with Gasteiger partial charge in [0.25, 0.3) is 0 Å². The van der Waals surface area contributed by atoms with Gasteiger partial charge in [0.2, 0.25) is 11.7 Å². The van der Waals surface area contributed by atoms with Crippen LogP contribution >= 0.6 is 0 Å². The molecule has 6 nitrogen and oxygen atoms in total. The molecule has 0 saturated carbocycles. The minimum atomic E-state index is -4.57. The summed E-state index contributed by atoms with van der Waals surface area (Å²) in [6, 6.07) is 9.36. The summed E-state index contributed by atoms with van der Waals surface area (Å²) < 4.78 is 49.3. The van der Waals surface area contributed by atoms with Crippen molar-refractivity contribution in [2.75, 3.05) is 6.54 Å². The quantitative estimate of drug-likeness (QED) is 0.641. The Balaban J connectivity index is 1.41. The highest BCUT2D eigenvalue weighted by atomic mass is 19.4. The van der Waals surface area contributed by atoms with Crippen LogP contribution < -0.4 is 4.74 Å². The van der Waals surface area contributed by atoms with E-state index < -0.39 is 12.0 Å². The second-order valence-electron chi connectivity index (χ2n) is 6.49. The standard InChI is InChI=1S/C20H17F3N4O2/c1-13(14-9-24-19(25-10-14)20(21,22)23)27-8-7-16-17(11-27)29-18(26-16)12-28-15-5-3-2-4-6-15/h2-6,9-10H,1,7-8,11-12H2. The maximum atomic E-state index is 12.6. The minimum absolute atomic E-state index is 0.213. The van der Waals surface area contributed by atoms with Crippen molar-refractivity contribution in [2.24, 2.45) is 0 Å². The van der Waals surface area contributed by atoms with Crippen LogP contribution in [-0.2, 0) is 25.7 Å². The molecule has 150 valence electrons. The van der Waals surface area contributed by atoms with Crippen LogP contribution in [0.1, 0.15) is 28.7 Å². The summed E-state index contributed by atoms with van der Waals surface area (Å²) in [5.41, 5.74) is 1.81. The van der Waals surface area contributed by atoms with Gasteiger partial charge in [0.05, 0.1) is 12.2 Å². The monoisotopic (exact) mass is 402 g/mol. The summed E-state index contributed by atoms with van der Waals surface area (Å²) in [4.78, 5) is 13.2. The van der Waals surface area contributed by atoms with Crippen molar-refractivity contribution in [3.63, 3.8) is 0 Å². The number of hydrogen-bond donors (Lipinski definition) is 0. The summed E-state index contributed by atoms with van der Waals surface area (Å²) in [5.74, 6) is 0.718. The van der Waals surface area contributed by atoms with Crippen LogP contribution in [0.2, 0.25) is 0 Å². The third kappa shape index (κ3) is 4.23. The zero-order valence-corrected chi connectivity index (χ0v) is 15.3. The molecule has 0 radical (unpaired) electrons. The lowest BCUT2D eigenvalue weighted by Crippen LogP contribution is -2.28. The molecule has 1 aliphatic heterocycles. The second-order valence-corrected chi connectivity index (χ2v) is 6.49. The zero-order chi connectivity index (χ0) is 20.4. The first-order valence-electron chi connectivity index (χ1n) is 8.89. The van der Waals surface area contributed by atoms with Crippen molar-refractivity contribution >= 4 is 5.70 Å². The molecule has 0 aliphatic carbocycles. The number of halogens is 3. The molecule has 1 aliphatic rings. The maximum absolute atomic E-state index is 12.6. The van der Waals surface area contributed by atoms with Crippen LogP contribution in [0.3, 0.4) is 0 Å². The Morgan fingerprint density at radius 1 is 1.17 bits per heavy atom. The number of benzene rings is 1. The highest BCUT2D eigenvalue weighted by molar-refractivity contribution is 5.60. The third-order valence-electron chi connectivity index (χ3n) is 4.50. The van der Waals surface area contributed by atoms with E-state index in [1.807, 2.05) is 35.2 Å². The van der Waals surface area contributed by atoms with Gasteiger partial charge in [-0.1, -0.05) is 24.8 Å². The van der Waals surface area contributed by atoms with E-state index in [0.29, 0.717) is 42.4 Å². The Bertz CT molecular complexity index is 1000. The van der Waals surface area contributed by atoms with Crippen molar-refractivity contribution in [2.45, 2.75) is 25.7 Å². The molecule has 3 heterocycles. The van der Waals surface area contributed by atoms with E-state index in [4.69, 9.17) is 9.15 Å². The molecule has 4 rings (SSSR count). The number of para-hydroxylation sites is 1. The average molecular weight is 402 g/mol. The van der Waals surface area contributed by atoms with Gasteiger partial charge in [0.15, 0.2) is 6.61 Å². The molecule has 3 aromatic rings. The number of ether oxygens (including phenoxy) is 1. The molecule has 0 atom stereocenters. The van der Waals surface area contributed by atoms with Crippen molar-refractivity contribution in [1.82, 2.24) is 19.9 Å². The number of rotatable bonds is 5. The number of oxazole rings is 1. The molecule has 0 unspecified atom stereocenters. The average Bonchev–Trinajstić information content (AvgIpc) is 3.14. The zero-order valence-electron chi connectivity index (χ0n) is 15.3. The first-order chi connectivity index (χ1) is 13.9. The molecule has 1 aromatic carbocycles. The second kappa shape index (κ2) is 7.57. The Morgan fingerprint density at radius 2 is 1.90 bits per heavy atom. The number of hydrogen-bond acceptors (Lipinski definition) is 6. The van der Waals surface area contributed by atoms with Gasteiger partial charge in [-0.25, -0.2) is 15.0 Å². The highest BCUT2D eigenvalue weighted by Crippen LogP contribution is 2.29. The first-order valence-corrected chi connectivity index (χ1v) is 8.89. The molecule has 2 aromatic heterocycles. The Labute approximate surface area is 164 Å². The third-order valence-corrected chi connectivity index (χ3v) is 4.50. The predicted molar refractivity (Wildman–Crippen MR) is 97.5 cm³/mol. The number of aromatic nitrogens is 3. The summed E-state index contributed by atoms with van der Waals surface area (Å²) in [6.07, 6.45) is -1.68. The molecular formula is C20H17F3N4O2. The minimum Gasteiger partial charge on any atom is -0.484 e. The van der Waals surface area contributed by atoms with Gasteiger partial charge in [0, 0.05) is 36.6 Å². The van der Waals surface area contributed by atoms with Crippen LogP contribution in [0, 0.1) is 0 Å². The van der Waals surface area contributed by atoms with Crippen LogP contribution in [0.15, 0.2) is 53.7 Å². The Hall–Kier alpha value is -3.36. The van der Waals surface area contributed by atoms with Gasteiger partial charge < -0.3 is 14.1 Å². The van der Waals surface area contributed by atoms with Crippen molar-refractivity contribution in [3.05, 3.63) is 78.0 Å². The van der Waals surface area contributed by atoms with E-state index in [-0.39, 0.29) is 6.61 Å². The summed E-state index contributed by atoms with van der Waals surface area (Å²) in [5, 5.41) is 0. The first kappa shape index (κ1) is 19.0. The number of nitrogens with zero attached hydrogens (tertiary/aromatic N) is 4. The number of fused-ring (bicyclic) bond motifs is 1.